The number of nitrogens with one attached hydrogen (secondary N) is 3. The van der Waals surface area contributed by atoms with E-state index in [0.717, 1.165) is 0 Å². The number of ether oxygens (including phenoxy) is 6. The minimum Gasteiger partial charge on any atom is -0.464 e. The highest BCUT2D eigenvalue weighted by Crippen LogP contribution is 2.36. The molecule has 1 unspecified atom stereocenters. The molecule has 3 N–H and O–H groups in total. The Morgan fingerprint density at radius 2 is 1.02 bits per heavy atom. The third kappa shape index (κ3) is 13.4. The molecule has 1 fully saturated rings. The number of halogens is 3. The van der Waals surface area contributed by atoms with Crippen LogP contribution in [0.2, 0.25) is 0 Å². The van der Waals surface area contributed by atoms with Gasteiger partial charge in [-0.2, -0.15) is 0 Å². The fourth-order valence-corrected chi connectivity index (χ4v) is 7.71. The molecule has 19 heteroatoms. The van der Waals surface area contributed by atoms with Crippen molar-refractivity contribution >= 4 is 115 Å². The van der Waals surface area contributed by atoms with Crippen molar-refractivity contribution < 1.29 is 62.0 Å². The lowest BCUT2D eigenvalue weighted by Crippen LogP contribution is -2.44. The van der Waals surface area contributed by atoms with Gasteiger partial charge in [-0.1, -0.05) is 0 Å². The predicted molar refractivity (Wildman–Crippen MR) is 178 cm³/mol. The number of anilines is 1. The lowest BCUT2D eigenvalue weighted by atomic mass is 10.1. The summed E-state index contributed by atoms with van der Waals surface area (Å²) in [5.74, 6) is -4.03. The molecule has 1 aromatic rings. The van der Waals surface area contributed by atoms with E-state index >= 15 is 0 Å². The first-order valence-corrected chi connectivity index (χ1v) is 16.2. The highest BCUT2D eigenvalue weighted by molar-refractivity contribution is 14.1. The molecule has 1 atom stereocenters. The van der Waals surface area contributed by atoms with Gasteiger partial charge in [0.2, 0.25) is 0 Å². The van der Waals surface area contributed by atoms with E-state index in [2.05, 4.69) is 16.0 Å². The number of benzene rings is 1. The molecule has 3 amide bonds. The Morgan fingerprint density at radius 1 is 0.667 bits per heavy atom. The van der Waals surface area contributed by atoms with Crippen LogP contribution >= 0.6 is 67.8 Å². The van der Waals surface area contributed by atoms with Crippen molar-refractivity contribution in [1.29, 1.82) is 0 Å². The molecule has 0 bridgehead atoms. The van der Waals surface area contributed by atoms with Crippen molar-refractivity contribution in [3.05, 3.63) is 21.8 Å². The van der Waals surface area contributed by atoms with Gasteiger partial charge in [0.1, 0.15) is 39.1 Å². The first kappa shape index (κ1) is 38.6. The van der Waals surface area contributed by atoms with Crippen molar-refractivity contribution in [3.8, 4) is 0 Å². The number of esters is 4. The van der Waals surface area contributed by atoms with Crippen LogP contribution in [-0.4, -0.2) is 99.6 Å². The molecule has 16 nitrogen and oxygen atoms in total. The van der Waals surface area contributed by atoms with Gasteiger partial charge in [-0.3, -0.25) is 34.1 Å². The number of carbonyl (C=O) groups is 7. The summed E-state index contributed by atoms with van der Waals surface area (Å²) in [6.07, 6.45) is -1.09. The Labute approximate surface area is 298 Å². The van der Waals surface area contributed by atoms with Crippen LogP contribution in [-0.2, 0) is 47.6 Å². The smallest absolute Gasteiger partial charge is 0.411 e. The molecule has 1 aromatic carbocycles. The van der Waals surface area contributed by atoms with Gasteiger partial charge in [0, 0.05) is 31.3 Å². The fourth-order valence-electron chi connectivity index (χ4n) is 3.29. The zero-order valence-corrected chi connectivity index (χ0v) is 30.9. The Hall–Kier alpha value is -2.54. The number of epoxide rings is 1. The van der Waals surface area contributed by atoms with Crippen LogP contribution in [0.5, 0.6) is 0 Å². The van der Waals surface area contributed by atoms with Gasteiger partial charge in [-0.15, -0.1) is 0 Å². The molecule has 0 radical (unpaired) electrons. The van der Waals surface area contributed by atoms with Gasteiger partial charge < -0.3 is 39.1 Å². The summed E-state index contributed by atoms with van der Waals surface area (Å²) >= 11 is 5.45. The van der Waals surface area contributed by atoms with Crippen LogP contribution in [0.1, 0.15) is 48.4 Å². The number of rotatable bonds is 15. The minimum atomic E-state index is -0.967. The van der Waals surface area contributed by atoms with Crippen molar-refractivity contribution in [2.24, 2.45) is 0 Å². The summed E-state index contributed by atoms with van der Waals surface area (Å²) in [5.41, 5.74) is -0.0220. The molecular formula is C26H30I3N3O13. The summed E-state index contributed by atoms with van der Waals surface area (Å²) in [4.78, 5) is 85.7. The lowest BCUT2D eigenvalue weighted by molar-refractivity contribution is -0.146. The van der Waals surface area contributed by atoms with Crippen LogP contribution in [0.4, 0.5) is 10.5 Å². The predicted octanol–water partition coefficient (Wildman–Crippen LogP) is 1.90. The minimum absolute atomic E-state index is 0.00794. The average molecular weight is 973 g/mol. The van der Waals surface area contributed by atoms with E-state index in [1.54, 1.807) is 22.6 Å². The first-order chi connectivity index (χ1) is 21.1. The largest absolute Gasteiger partial charge is 0.464 e. The Bertz CT molecular complexity index is 1220. The topological polar surface area (TPSA) is 214 Å². The fraction of sp³-hybridized carbons (Fsp3) is 0.500. The molecule has 0 spiro atoms. The lowest BCUT2D eigenvalue weighted by Gasteiger charge is -2.23. The van der Waals surface area contributed by atoms with E-state index in [4.69, 9.17) is 28.4 Å². The normalized spacial score (nSPS) is 13.4. The standard InChI is InChI=1S/C26H30I3N3O13/c1-11(33)40-5-15(6-41-12(2)34)30-24(37)18-20(27)19(25(38)31-16(7-42-13(3)35)8-43-14(4)36)22(29)23(21(18)28)32-26(39)45-10-17-9-44-17/h15-17H,5-10H2,1-4H3,(H,30,37)(H,31,38)(H,32,39). The third-order valence-electron chi connectivity index (χ3n) is 5.42. The summed E-state index contributed by atoms with van der Waals surface area (Å²) in [6, 6.07) is -1.93. The van der Waals surface area contributed by atoms with Crippen LogP contribution in [0.25, 0.3) is 0 Å². The molecule has 1 aliphatic rings. The second-order valence-electron chi connectivity index (χ2n) is 9.30. The van der Waals surface area contributed by atoms with Crippen LogP contribution in [0.15, 0.2) is 0 Å². The molecule has 1 heterocycles. The molecule has 0 aliphatic carbocycles. The number of amides is 3. The second-order valence-corrected chi connectivity index (χ2v) is 12.5. The van der Waals surface area contributed by atoms with E-state index in [1.165, 1.54) is 27.7 Å². The van der Waals surface area contributed by atoms with E-state index < -0.39 is 53.9 Å². The molecule has 248 valence electrons. The van der Waals surface area contributed by atoms with Crippen molar-refractivity contribution in [3.63, 3.8) is 0 Å². The third-order valence-corrected chi connectivity index (χ3v) is 8.66. The Morgan fingerprint density at radius 3 is 1.33 bits per heavy atom. The number of hydrogen-bond donors (Lipinski definition) is 3. The SMILES string of the molecule is CC(=O)OCC(COC(C)=O)NC(=O)c1c(I)c(NC(=O)OCC2CO2)c(I)c(C(=O)NC(COC(C)=O)COC(C)=O)c1I. The summed E-state index contributed by atoms with van der Waals surface area (Å²) in [7, 11) is 0. The van der Waals surface area contributed by atoms with Crippen LogP contribution < -0.4 is 16.0 Å². The zero-order valence-electron chi connectivity index (χ0n) is 24.4. The summed E-state index contributed by atoms with van der Waals surface area (Å²) in [5, 5.41) is 7.84. The van der Waals surface area contributed by atoms with Crippen molar-refractivity contribution in [2.45, 2.75) is 45.9 Å². The van der Waals surface area contributed by atoms with Crippen molar-refractivity contribution in [2.75, 3.05) is 45.0 Å². The second kappa shape index (κ2) is 18.6. The number of hydrogen-bond acceptors (Lipinski definition) is 13. The zero-order chi connectivity index (χ0) is 33.8. The Kier molecular flexibility index (Phi) is 15.9. The van der Waals surface area contributed by atoms with Gasteiger partial charge in [-0.05, 0) is 67.8 Å². The van der Waals surface area contributed by atoms with Crippen LogP contribution in [0.3, 0.4) is 0 Å². The molecule has 0 aromatic heterocycles. The Balaban J connectivity index is 2.53. The van der Waals surface area contributed by atoms with E-state index in [1.807, 2.05) is 45.2 Å². The molecule has 1 saturated heterocycles. The summed E-state index contributed by atoms with van der Waals surface area (Å²) in [6.45, 7) is 3.82. The maximum absolute atomic E-state index is 13.7. The quantitative estimate of drug-likeness (QED) is 0.0994. The maximum atomic E-state index is 13.7. The molecule has 1 aliphatic heterocycles. The van der Waals surface area contributed by atoms with E-state index in [0.29, 0.717) is 6.61 Å². The molecule has 0 saturated carbocycles. The monoisotopic (exact) mass is 973 g/mol. The molecule has 45 heavy (non-hydrogen) atoms. The van der Waals surface area contributed by atoms with Crippen molar-refractivity contribution in [1.82, 2.24) is 10.6 Å². The van der Waals surface area contributed by atoms with Gasteiger partial charge in [0.25, 0.3) is 11.8 Å². The first-order valence-electron chi connectivity index (χ1n) is 13.0. The average Bonchev–Trinajstić information content (AvgIpc) is 3.77. The highest BCUT2D eigenvalue weighted by Gasteiger charge is 2.32. The van der Waals surface area contributed by atoms with Gasteiger partial charge in [0.15, 0.2) is 0 Å². The van der Waals surface area contributed by atoms with Gasteiger partial charge in [-0.25, -0.2) is 4.79 Å². The van der Waals surface area contributed by atoms with Crippen LogP contribution in [0, 0.1) is 10.7 Å². The maximum Gasteiger partial charge on any atom is 0.411 e. The molecular weight excluding hydrogens is 943 g/mol. The van der Waals surface area contributed by atoms with E-state index in [-0.39, 0.29) is 66.7 Å². The molecule has 2 rings (SSSR count). The van der Waals surface area contributed by atoms with Gasteiger partial charge in [0.05, 0.1) is 42.6 Å². The van der Waals surface area contributed by atoms with Gasteiger partial charge >= 0.3 is 30.0 Å². The number of carbonyl (C=O) groups excluding carboxylic acids is 7. The summed E-state index contributed by atoms with van der Waals surface area (Å²) < 4.78 is 30.8. The van der Waals surface area contributed by atoms with E-state index in [9.17, 15) is 33.6 Å². The highest BCUT2D eigenvalue weighted by atomic mass is 127.